The molecule has 1 saturated carbocycles. The summed E-state index contributed by atoms with van der Waals surface area (Å²) in [5, 5.41) is 20.0. The second-order valence-corrected chi connectivity index (χ2v) is 8.10. The topological polar surface area (TPSA) is 86.3 Å². The summed E-state index contributed by atoms with van der Waals surface area (Å²) in [5.41, 5.74) is 2.23. The standard InChI is InChI=1S/C26H25N3O3/c27-16-19(15-20-17-28(18-25(30)31)24-14-8-7-13-23(20)24)26(32)29(21-9-3-1-4-10-21)22-11-5-2-6-12-22/h1,3-4,7-10,13-15,17,22H,2,5-6,11-12,18H2,(H,30,31). The summed E-state index contributed by atoms with van der Waals surface area (Å²) in [5.74, 6) is -1.27. The molecular weight excluding hydrogens is 402 g/mol. The minimum atomic E-state index is -0.953. The lowest BCUT2D eigenvalue weighted by molar-refractivity contribution is -0.137. The van der Waals surface area contributed by atoms with E-state index in [1.54, 1.807) is 21.7 Å². The summed E-state index contributed by atoms with van der Waals surface area (Å²) < 4.78 is 1.62. The molecular formula is C26H25N3O3. The number of carboxylic acid groups (broad SMARTS) is 1. The summed E-state index contributed by atoms with van der Waals surface area (Å²) in [6.07, 6.45) is 8.40. The molecule has 0 radical (unpaired) electrons. The lowest BCUT2D eigenvalue weighted by Gasteiger charge is -2.34. The largest absolute Gasteiger partial charge is 0.480 e. The van der Waals surface area contributed by atoms with Crippen LogP contribution in [0.5, 0.6) is 0 Å². The minimum absolute atomic E-state index is 0.0395. The van der Waals surface area contributed by atoms with Crippen molar-refractivity contribution in [2.45, 2.75) is 44.7 Å². The van der Waals surface area contributed by atoms with Gasteiger partial charge in [-0.2, -0.15) is 5.26 Å². The van der Waals surface area contributed by atoms with Crippen LogP contribution in [0.1, 0.15) is 37.7 Å². The minimum Gasteiger partial charge on any atom is -0.480 e. The van der Waals surface area contributed by atoms with Crippen molar-refractivity contribution in [2.75, 3.05) is 4.90 Å². The molecule has 1 aliphatic rings. The Morgan fingerprint density at radius 2 is 1.75 bits per heavy atom. The number of carbonyl (C=O) groups is 2. The van der Waals surface area contributed by atoms with Gasteiger partial charge in [0.1, 0.15) is 18.2 Å². The predicted molar refractivity (Wildman–Crippen MR) is 124 cm³/mol. The SMILES string of the molecule is N#CC(=Cc1cn(CC(=O)O)c2ccccc12)C(=O)N(c1ccccc1)C1CCCCC1. The highest BCUT2D eigenvalue weighted by atomic mass is 16.4. The van der Waals surface area contributed by atoms with E-state index in [0.29, 0.717) is 5.56 Å². The first-order valence-electron chi connectivity index (χ1n) is 10.9. The number of aromatic nitrogens is 1. The molecule has 0 saturated heterocycles. The zero-order valence-electron chi connectivity index (χ0n) is 17.8. The number of nitrogens with zero attached hydrogens (tertiary/aromatic N) is 3. The molecule has 162 valence electrons. The molecule has 0 bridgehead atoms. The van der Waals surface area contributed by atoms with Gasteiger partial charge >= 0.3 is 5.97 Å². The molecule has 0 unspecified atom stereocenters. The van der Waals surface area contributed by atoms with Crippen molar-refractivity contribution in [3.63, 3.8) is 0 Å². The molecule has 32 heavy (non-hydrogen) atoms. The Kier molecular flexibility index (Phi) is 6.37. The fraction of sp³-hybridized carbons (Fsp3) is 0.269. The molecule has 6 nitrogen and oxygen atoms in total. The highest BCUT2D eigenvalue weighted by Crippen LogP contribution is 2.30. The number of nitriles is 1. The molecule has 1 aromatic heterocycles. The number of rotatable bonds is 6. The van der Waals surface area contributed by atoms with Gasteiger partial charge < -0.3 is 14.6 Å². The Labute approximate surface area is 187 Å². The quantitative estimate of drug-likeness (QED) is 0.443. The summed E-state index contributed by atoms with van der Waals surface area (Å²) in [6.45, 7) is -0.192. The molecule has 1 N–H and O–H groups in total. The van der Waals surface area contributed by atoms with Crippen LogP contribution in [0.2, 0.25) is 0 Å². The maximum atomic E-state index is 13.6. The third kappa shape index (κ3) is 4.42. The van der Waals surface area contributed by atoms with Gasteiger partial charge in [-0.3, -0.25) is 9.59 Å². The van der Waals surface area contributed by atoms with Crippen molar-refractivity contribution in [3.8, 4) is 6.07 Å². The van der Waals surface area contributed by atoms with Crippen LogP contribution >= 0.6 is 0 Å². The number of anilines is 1. The van der Waals surface area contributed by atoms with E-state index in [9.17, 15) is 20.0 Å². The van der Waals surface area contributed by atoms with Crippen molar-refractivity contribution >= 4 is 34.5 Å². The maximum Gasteiger partial charge on any atom is 0.323 e. The van der Waals surface area contributed by atoms with E-state index in [2.05, 4.69) is 6.07 Å². The molecule has 0 atom stereocenters. The zero-order valence-corrected chi connectivity index (χ0v) is 17.8. The highest BCUT2D eigenvalue weighted by Gasteiger charge is 2.29. The first kappa shape index (κ1) is 21.4. The monoisotopic (exact) mass is 427 g/mol. The fourth-order valence-corrected chi connectivity index (χ4v) is 4.52. The maximum absolute atomic E-state index is 13.6. The van der Waals surface area contributed by atoms with Crippen LogP contribution in [0.25, 0.3) is 17.0 Å². The van der Waals surface area contributed by atoms with Crippen molar-refractivity contribution < 1.29 is 14.7 Å². The van der Waals surface area contributed by atoms with E-state index in [1.807, 2.05) is 54.6 Å². The molecule has 1 aliphatic carbocycles. The third-order valence-corrected chi connectivity index (χ3v) is 5.97. The molecule has 2 aromatic carbocycles. The summed E-state index contributed by atoms with van der Waals surface area (Å²) >= 11 is 0. The second-order valence-electron chi connectivity index (χ2n) is 8.10. The summed E-state index contributed by atoms with van der Waals surface area (Å²) in [7, 11) is 0. The zero-order chi connectivity index (χ0) is 22.5. The van der Waals surface area contributed by atoms with E-state index >= 15 is 0 Å². The van der Waals surface area contributed by atoms with E-state index in [-0.39, 0.29) is 24.1 Å². The van der Waals surface area contributed by atoms with Crippen molar-refractivity contribution in [1.82, 2.24) is 4.57 Å². The molecule has 0 aliphatic heterocycles. The molecule has 0 spiro atoms. The Balaban J connectivity index is 1.76. The normalized spacial score (nSPS) is 14.8. The molecule has 1 fully saturated rings. The summed E-state index contributed by atoms with van der Waals surface area (Å²) in [4.78, 5) is 26.7. The molecule has 3 aromatic rings. The molecule has 1 amide bonds. The van der Waals surface area contributed by atoms with Gasteiger partial charge in [0, 0.05) is 34.4 Å². The van der Waals surface area contributed by atoms with E-state index in [0.717, 1.165) is 48.7 Å². The first-order valence-corrected chi connectivity index (χ1v) is 10.9. The van der Waals surface area contributed by atoms with Crippen LogP contribution in [-0.2, 0) is 16.1 Å². The van der Waals surface area contributed by atoms with Gasteiger partial charge in [-0.15, -0.1) is 0 Å². The van der Waals surface area contributed by atoms with Crippen LogP contribution in [0.3, 0.4) is 0 Å². The molecule has 1 heterocycles. The van der Waals surface area contributed by atoms with Crippen molar-refractivity contribution in [3.05, 3.63) is 71.9 Å². The number of para-hydroxylation sites is 2. The molecule has 4 rings (SSSR count). The van der Waals surface area contributed by atoms with Crippen LogP contribution < -0.4 is 4.90 Å². The van der Waals surface area contributed by atoms with Gasteiger partial charge in [-0.25, -0.2) is 0 Å². The van der Waals surface area contributed by atoms with Crippen molar-refractivity contribution in [2.24, 2.45) is 0 Å². The van der Waals surface area contributed by atoms with Gasteiger partial charge in [-0.05, 0) is 37.1 Å². The third-order valence-electron chi connectivity index (χ3n) is 5.97. The summed E-state index contributed by atoms with van der Waals surface area (Å²) in [6, 6.07) is 19.1. The average Bonchev–Trinajstić information content (AvgIpc) is 3.15. The number of amides is 1. The van der Waals surface area contributed by atoms with E-state index in [1.165, 1.54) is 0 Å². The van der Waals surface area contributed by atoms with Gasteiger partial charge in [0.15, 0.2) is 0 Å². The Bertz CT molecular complexity index is 1200. The van der Waals surface area contributed by atoms with E-state index in [4.69, 9.17) is 0 Å². The van der Waals surface area contributed by atoms with Crippen LogP contribution in [0, 0.1) is 11.3 Å². The Morgan fingerprint density at radius 1 is 1.06 bits per heavy atom. The fourth-order valence-electron chi connectivity index (χ4n) is 4.52. The number of hydrogen-bond donors (Lipinski definition) is 1. The van der Waals surface area contributed by atoms with Crippen LogP contribution in [-0.4, -0.2) is 27.6 Å². The second kappa shape index (κ2) is 9.52. The number of benzene rings is 2. The van der Waals surface area contributed by atoms with Crippen LogP contribution in [0.15, 0.2) is 66.4 Å². The van der Waals surface area contributed by atoms with Gasteiger partial charge in [0.05, 0.1) is 0 Å². The first-order chi connectivity index (χ1) is 15.6. The Morgan fingerprint density at radius 3 is 2.44 bits per heavy atom. The highest BCUT2D eigenvalue weighted by molar-refractivity contribution is 6.12. The number of fused-ring (bicyclic) bond motifs is 1. The van der Waals surface area contributed by atoms with Gasteiger partial charge in [-0.1, -0.05) is 55.7 Å². The van der Waals surface area contributed by atoms with Crippen LogP contribution in [0.4, 0.5) is 5.69 Å². The van der Waals surface area contributed by atoms with Gasteiger partial charge in [0.25, 0.3) is 5.91 Å². The average molecular weight is 428 g/mol. The lowest BCUT2D eigenvalue weighted by atomic mass is 9.93. The lowest BCUT2D eigenvalue weighted by Crippen LogP contribution is -2.42. The number of aliphatic carboxylic acids is 1. The smallest absolute Gasteiger partial charge is 0.323 e. The number of hydrogen-bond acceptors (Lipinski definition) is 3. The molecule has 6 heteroatoms. The number of carboxylic acids is 1. The number of carbonyl (C=O) groups excluding carboxylic acids is 1. The predicted octanol–water partition coefficient (Wildman–Crippen LogP) is 5.00. The van der Waals surface area contributed by atoms with E-state index < -0.39 is 5.97 Å². The Hall–Kier alpha value is -3.85. The van der Waals surface area contributed by atoms with Crippen molar-refractivity contribution in [1.29, 1.82) is 5.26 Å². The van der Waals surface area contributed by atoms with Gasteiger partial charge in [0.2, 0.25) is 0 Å².